The molecule has 0 bridgehead atoms. The summed E-state index contributed by atoms with van der Waals surface area (Å²) in [5.74, 6) is -0.301. The van der Waals surface area contributed by atoms with Crippen molar-refractivity contribution in [3.63, 3.8) is 0 Å². The maximum absolute atomic E-state index is 13.7. The molecule has 1 aliphatic carbocycles. The molecule has 0 spiro atoms. The highest BCUT2D eigenvalue weighted by molar-refractivity contribution is 5.25. The van der Waals surface area contributed by atoms with Crippen LogP contribution in [0, 0.1) is 17.1 Å². The molecule has 1 atom stereocenters. The third-order valence-corrected chi connectivity index (χ3v) is 3.60. The SMILES string of the molecule is N#CC(NC1CCCCCC1)c1ccccc1F. The first kappa shape index (κ1) is 13.0. The van der Waals surface area contributed by atoms with E-state index in [9.17, 15) is 9.65 Å². The minimum absolute atomic E-state index is 0.301. The summed E-state index contributed by atoms with van der Waals surface area (Å²) in [5, 5.41) is 12.5. The van der Waals surface area contributed by atoms with Gasteiger partial charge in [-0.1, -0.05) is 43.9 Å². The summed E-state index contributed by atoms with van der Waals surface area (Å²) in [6.45, 7) is 0. The van der Waals surface area contributed by atoms with Gasteiger partial charge in [0.15, 0.2) is 0 Å². The minimum atomic E-state index is -0.533. The van der Waals surface area contributed by atoms with Gasteiger partial charge in [-0.25, -0.2) is 4.39 Å². The molecule has 1 aliphatic rings. The van der Waals surface area contributed by atoms with E-state index in [-0.39, 0.29) is 5.82 Å². The zero-order chi connectivity index (χ0) is 12.8. The molecular formula is C15H19FN2. The largest absolute Gasteiger partial charge is 0.295 e. The van der Waals surface area contributed by atoms with Gasteiger partial charge in [-0.3, -0.25) is 5.32 Å². The molecule has 1 saturated carbocycles. The summed E-state index contributed by atoms with van der Waals surface area (Å²) in [5.41, 5.74) is 0.462. The molecule has 0 amide bonds. The van der Waals surface area contributed by atoms with Gasteiger partial charge in [0.2, 0.25) is 0 Å². The predicted molar refractivity (Wildman–Crippen MR) is 69.4 cm³/mol. The van der Waals surface area contributed by atoms with Crippen LogP contribution in [-0.2, 0) is 0 Å². The van der Waals surface area contributed by atoms with Crippen molar-refractivity contribution in [2.45, 2.75) is 50.6 Å². The molecule has 96 valence electrons. The second kappa shape index (κ2) is 6.51. The molecule has 2 rings (SSSR count). The Morgan fingerprint density at radius 1 is 1.17 bits per heavy atom. The van der Waals surface area contributed by atoms with Crippen LogP contribution in [0.5, 0.6) is 0 Å². The number of benzene rings is 1. The van der Waals surface area contributed by atoms with E-state index >= 15 is 0 Å². The molecule has 3 heteroatoms. The Morgan fingerprint density at radius 3 is 2.44 bits per heavy atom. The second-order valence-electron chi connectivity index (χ2n) is 4.94. The lowest BCUT2D eigenvalue weighted by Crippen LogP contribution is -2.32. The van der Waals surface area contributed by atoms with Crippen LogP contribution in [0.3, 0.4) is 0 Å². The molecule has 0 saturated heterocycles. The van der Waals surface area contributed by atoms with Crippen LogP contribution in [-0.4, -0.2) is 6.04 Å². The monoisotopic (exact) mass is 246 g/mol. The highest BCUT2D eigenvalue weighted by Gasteiger charge is 2.20. The van der Waals surface area contributed by atoms with Crippen molar-refractivity contribution in [3.05, 3.63) is 35.6 Å². The van der Waals surface area contributed by atoms with Crippen LogP contribution in [0.1, 0.15) is 50.1 Å². The van der Waals surface area contributed by atoms with Gasteiger partial charge in [-0.2, -0.15) is 5.26 Å². The summed E-state index contributed by atoms with van der Waals surface area (Å²) in [4.78, 5) is 0. The van der Waals surface area contributed by atoms with Gasteiger partial charge >= 0.3 is 0 Å². The topological polar surface area (TPSA) is 35.8 Å². The molecule has 0 aromatic heterocycles. The molecule has 1 unspecified atom stereocenters. The van der Waals surface area contributed by atoms with E-state index in [1.54, 1.807) is 18.2 Å². The zero-order valence-corrected chi connectivity index (χ0v) is 10.5. The van der Waals surface area contributed by atoms with Crippen LogP contribution < -0.4 is 5.32 Å². The van der Waals surface area contributed by atoms with Gasteiger partial charge in [0.25, 0.3) is 0 Å². The fourth-order valence-corrected chi connectivity index (χ4v) is 2.59. The summed E-state index contributed by atoms with van der Waals surface area (Å²) in [6.07, 6.45) is 7.13. The van der Waals surface area contributed by atoms with Crippen molar-refractivity contribution in [2.75, 3.05) is 0 Å². The van der Waals surface area contributed by atoms with Crippen LogP contribution >= 0.6 is 0 Å². The first-order valence-electron chi connectivity index (χ1n) is 6.71. The zero-order valence-electron chi connectivity index (χ0n) is 10.5. The van der Waals surface area contributed by atoms with Crippen molar-refractivity contribution >= 4 is 0 Å². The lowest BCUT2D eigenvalue weighted by Gasteiger charge is -2.20. The molecule has 18 heavy (non-hydrogen) atoms. The number of nitriles is 1. The van der Waals surface area contributed by atoms with Gasteiger partial charge in [-0.15, -0.1) is 0 Å². The summed E-state index contributed by atoms with van der Waals surface area (Å²) < 4.78 is 13.7. The average molecular weight is 246 g/mol. The van der Waals surface area contributed by atoms with Gasteiger partial charge < -0.3 is 0 Å². The van der Waals surface area contributed by atoms with E-state index in [1.807, 2.05) is 0 Å². The Labute approximate surface area is 108 Å². The molecule has 1 aromatic rings. The Kier molecular flexibility index (Phi) is 4.72. The highest BCUT2D eigenvalue weighted by Crippen LogP contribution is 2.22. The van der Waals surface area contributed by atoms with Crippen molar-refractivity contribution in [1.82, 2.24) is 5.32 Å². The Morgan fingerprint density at radius 2 is 1.83 bits per heavy atom. The Balaban J connectivity index is 2.05. The standard InChI is InChI=1S/C15H19FN2/c16-14-10-6-5-9-13(14)15(11-17)18-12-7-3-1-2-4-8-12/h5-6,9-10,12,15,18H,1-4,7-8H2. The first-order chi connectivity index (χ1) is 8.81. The van der Waals surface area contributed by atoms with Crippen LogP contribution in [0.25, 0.3) is 0 Å². The predicted octanol–water partition coefficient (Wildman–Crippen LogP) is 3.70. The van der Waals surface area contributed by atoms with E-state index in [0.717, 1.165) is 12.8 Å². The van der Waals surface area contributed by atoms with Crippen molar-refractivity contribution < 1.29 is 4.39 Å². The molecular weight excluding hydrogens is 227 g/mol. The Hall–Kier alpha value is -1.40. The number of hydrogen-bond acceptors (Lipinski definition) is 2. The molecule has 1 fully saturated rings. The number of rotatable bonds is 3. The van der Waals surface area contributed by atoms with Crippen LogP contribution in [0.15, 0.2) is 24.3 Å². The maximum Gasteiger partial charge on any atom is 0.129 e. The van der Waals surface area contributed by atoms with Gasteiger partial charge in [-0.05, 0) is 18.9 Å². The molecule has 1 N–H and O–H groups in total. The van der Waals surface area contributed by atoms with E-state index in [4.69, 9.17) is 0 Å². The quantitative estimate of drug-likeness (QED) is 0.825. The molecule has 0 radical (unpaired) electrons. The van der Waals surface area contributed by atoms with E-state index in [2.05, 4.69) is 11.4 Å². The molecule has 1 aromatic carbocycles. The smallest absolute Gasteiger partial charge is 0.129 e. The summed E-state index contributed by atoms with van der Waals surface area (Å²) in [6, 6.07) is 8.51. The molecule has 0 aliphatic heterocycles. The minimum Gasteiger partial charge on any atom is -0.295 e. The Bertz CT molecular complexity index is 417. The lowest BCUT2D eigenvalue weighted by atomic mass is 10.0. The van der Waals surface area contributed by atoms with Crippen LogP contribution in [0.2, 0.25) is 0 Å². The number of nitrogens with one attached hydrogen (secondary N) is 1. The third kappa shape index (κ3) is 3.30. The summed E-state index contributed by atoms with van der Waals surface area (Å²) >= 11 is 0. The van der Waals surface area contributed by atoms with Crippen molar-refractivity contribution in [3.8, 4) is 6.07 Å². The second-order valence-corrected chi connectivity index (χ2v) is 4.94. The fourth-order valence-electron chi connectivity index (χ4n) is 2.59. The normalized spacial score (nSPS) is 18.9. The summed E-state index contributed by atoms with van der Waals surface area (Å²) in [7, 11) is 0. The van der Waals surface area contributed by atoms with E-state index in [1.165, 1.54) is 31.7 Å². The van der Waals surface area contributed by atoms with Crippen molar-refractivity contribution in [1.29, 1.82) is 5.26 Å². The maximum atomic E-state index is 13.7. The molecule has 2 nitrogen and oxygen atoms in total. The van der Waals surface area contributed by atoms with E-state index < -0.39 is 6.04 Å². The molecule has 0 heterocycles. The number of hydrogen-bond donors (Lipinski definition) is 1. The third-order valence-electron chi connectivity index (χ3n) is 3.60. The van der Waals surface area contributed by atoms with Gasteiger partial charge in [0.1, 0.15) is 11.9 Å². The van der Waals surface area contributed by atoms with Gasteiger partial charge in [0, 0.05) is 11.6 Å². The van der Waals surface area contributed by atoms with E-state index in [0.29, 0.717) is 11.6 Å². The van der Waals surface area contributed by atoms with Gasteiger partial charge in [0.05, 0.1) is 6.07 Å². The lowest BCUT2D eigenvalue weighted by molar-refractivity contribution is 0.429. The number of nitrogens with zero attached hydrogens (tertiary/aromatic N) is 1. The van der Waals surface area contributed by atoms with Crippen LogP contribution in [0.4, 0.5) is 4.39 Å². The van der Waals surface area contributed by atoms with Crippen molar-refractivity contribution in [2.24, 2.45) is 0 Å². The fraction of sp³-hybridized carbons (Fsp3) is 0.533. The first-order valence-corrected chi connectivity index (χ1v) is 6.71. The average Bonchev–Trinajstić information content (AvgIpc) is 2.65. The highest BCUT2D eigenvalue weighted by atomic mass is 19.1. The number of halogens is 1.